The molecule has 2 aliphatic heterocycles. The molecule has 3 rings (SSSR count). The molecule has 2 aliphatic rings. The van der Waals surface area contributed by atoms with Gasteiger partial charge in [-0.05, 0) is 37.1 Å². The summed E-state index contributed by atoms with van der Waals surface area (Å²) >= 11 is 0. The molecule has 2 saturated heterocycles. The number of hydrogen-bond acceptors (Lipinski definition) is 3. The van der Waals surface area contributed by atoms with Gasteiger partial charge in [0.25, 0.3) is 11.8 Å². The minimum Gasteiger partial charge on any atom is -0.338 e. The lowest BCUT2D eigenvalue weighted by atomic mass is 9.87. The molecule has 0 unspecified atom stereocenters. The van der Waals surface area contributed by atoms with Gasteiger partial charge in [0.1, 0.15) is 5.54 Å². The molecule has 2 heterocycles. The molecule has 0 aromatic heterocycles. The molecule has 1 aromatic rings. The monoisotopic (exact) mass is 355 g/mol. The van der Waals surface area contributed by atoms with Crippen molar-refractivity contribution >= 4 is 17.8 Å². The number of benzene rings is 1. The van der Waals surface area contributed by atoms with Gasteiger partial charge in [0, 0.05) is 25.7 Å². The average molecular weight is 355 g/mol. The van der Waals surface area contributed by atoms with Crippen LogP contribution < -0.4 is 5.32 Å². The van der Waals surface area contributed by atoms with Gasteiger partial charge in [0.2, 0.25) is 0 Å². The Kier molecular flexibility index (Phi) is 3.97. The zero-order valence-corrected chi connectivity index (χ0v) is 13.4. The molecule has 0 aliphatic carbocycles. The summed E-state index contributed by atoms with van der Waals surface area (Å²) in [6.07, 6.45) is -3.91. The fraction of sp³-hybridized carbons (Fsp3) is 0.438. The normalized spacial score (nSPS) is 20.2. The number of carbonyl (C=O) groups is 3. The van der Waals surface area contributed by atoms with Gasteiger partial charge in [-0.25, -0.2) is 4.79 Å². The lowest BCUT2D eigenvalue weighted by molar-refractivity contribution is -0.137. The number of likely N-dealkylation sites (tertiary alicyclic amines) is 1. The second kappa shape index (κ2) is 5.75. The Morgan fingerprint density at radius 2 is 1.68 bits per heavy atom. The molecule has 0 bridgehead atoms. The van der Waals surface area contributed by atoms with Crippen LogP contribution in [0.2, 0.25) is 0 Å². The van der Waals surface area contributed by atoms with E-state index in [0.29, 0.717) is 0 Å². The first-order valence-corrected chi connectivity index (χ1v) is 7.71. The largest absolute Gasteiger partial charge is 0.416 e. The molecular weight excluding hydrogens is 339 g/mol. The van der Waals surface area contributed by atoms with E-state index >= 15 is 0 Å². The number of carbonyl (C=O) groups excluding carboxylic acids is 3. The highest BCUT2D eigenvalue weighted by molar-refractivity contribution is 6.07. The number of urea groups is 1. The van der Waals surface area contributed by atoms with Gasteiger partial charge in [-0.15, -0.1) is 0 Å². The summed E-state index contributed by atoms with van der Waals surface area (Å²) in [6.45, 7) is 0.472. The van der Waals surface area contributed by atoms with Crippen LogP contribution in [0.15, 0.2) is 24.3 Å². The number of halogens is 3. The van der Waals surface area contributed by atoms with Crippen molar-refractivity contribution in [1.29, 1.82) is 0 Å². The Morgan fingerprint density at radius 1 is 1.12 bits per heavy atom. The number of amides is 4. The number of rotatable bonds is 1. The smallest absolute Gasteiger partial charge is 0.338 e. The fourth-order valence-corrected chi connectivity index (χ4v) is 3.17. The molecule has 0 radical (unpaired) electrons. The van der Waals surface area contributed by atoms with Gasteiger partial charge >= 0.3 is 12.2 Å². The molecule has 25 heavy (non-hydrogen) atoms. The Bertz CT molecular complexity index is 722. The number of imide groups is 1. The highest BCUT2D eigenvalue weighted by Crippen LogP contribution is 2.31. The molecule has 1 spiro atoms. The Hall–Kier alpha value is -2.58. The second-order valence-electron chi connectivity index (χ2n) is 6.24. The van der Waals surface area contributed by atoms with E-state index in [1.165, 1.54) is 11.9 Å². The van der Waals surface area contributed by atoms with Crippen LogP contribution in [-0.2, 0) is 11.0 Å². The number of likely N-dealkylation sites (N-methyl/N-ethyl adjacent to an activating group) is 1. The van der Waals surface area contributed by atoms with Gasteiger partial charge in [0.05, 0.1) is 5.56 Å². The van der Waals surface area contributed by atoms with Crippen LogP contribution in [0.1, 0.15) is 28.8 Å². The van der Waals surface area contributed by atoms with Crippen molar-refractivity contribution in [3.05, 3.63) is 35.4 Å². The predicted octanol–water partition coefficient (Wildman–Crippen LogP) is 1.86. The molecule has 0 saturated carbocycles. The maximum Gasteiger partial charge on any atom is 0.416 e. The Labute approximate surface area is 141 Å². The molecule has 4 amide bonds. The van der Waals surface area contributed by atoms with E-state index in [1.54, 1.807) is 0 Å². The van der Waals surface area contributed by atoms with Gasteiger partial charge < -0.3 is 10.2 Å². The molecule has 2 fully saturated rings. The van der Waals surface area contributed by atoms with Crippen molar-refractivity contribution in [2.75, 3.05) is 20.1 Å². The van der Waals surface area contributed by atoms with Gasteiger partial charge in [-0.2, -0.15) is 13.2 Å². The topological polar surface area (TPSA) is 69.7 Å². The van der Waals surface area contributed by atoms with E-state index in [1.807, 2.05) is 0 Å². The first kappa shape index (κ1) is 17.2. The predicted molar refractivity (Wildman–Crippen MR) is 80.6 cm³/mol. The van der Waals surface area contributed by atoms with Crippen molar-refractivity contribution in [2.45, 2.75) is 24.6 Å². The number of piperidine rings is 1. The molecule has 134 valence electrons. The van der Waals surface area contributed by atoms with E-state index < -0.39 is 29.2 Å². The van der Waals surface area contributed by atoms with E-state index in [2.05, 4.69) is 5.32 Å². The van der Waals surface area contributed by atoms with Crippen LogP contribution >= 0.6 is 0 Å². The summed E-state index contributed by atoms with van der Waals surface area (Å²) in [4.78, 5) is 38.8. The zero-order chi connectivity index (χ0) is 18.4. The van der Waals surface area contributed by atoms with Crippen LogP contribution in [0.5, 0.6) is 0 Å². The zero-order valence-electron chi connectivity index (χ0n) is 13.4. The van der Waals surface area contributed by atoms with Crippen molar-refractivity contribution in [1.82, 2.24) is 15.1 Å². The maximum absolute atomic E-state index is 12.6. The van der Waals surface area contributed by atoms with E-state index in [9.17, 15) is 27.6 Å². The fourth-order valence-electron chi connectivity index (χ4n) is 3.17. The van der Waals surface area contributed by atoms with Crippen molar-refractivity contribution < 1.29 is 27.6 Å². The van der Waals surface area contributed by atoms with E-state index in [0.717, 1.165) is 29.2 Å². The van der Waals surface area contributed by atoms with Crippen molar-refractivity contribution in [3.63, 3.8) is 0 Å². The van der Waals surface area contributed by atoms with Crippen LogP contribution in [0.4, 0.5) is 18.0 Å². The lowest BCUT2D eigenvalue weighted by Crippen LogP contribution is -2.55. The van der Waals surface area contributed by atoms with Gasteiger partial charge in [0.15, 0.2) is 0 Å². The van der Waals surface area contributed by atoms with Crippen LogP contribution in [0, 0.1) is 0 Å². The van der Waals surface area contributed by atoms with Crippen molar-refractivity contribution in [3.8, 4) is 0 Å². The first-order valence-electron chi connectivity index (χ1n) is 7.71. The molecule has 9 heteroatoms. The number of alkyl halides is 3. The maximum atomic E-state index is 12.6. The minimum absolute atomic E-state index is 0.155. The summed E-state index contributed by atoms with van der Waals surface area (Å²) in [6, 6.07) is 3.56. The molecule has 0 atom stereocenters. The van der Waals surface area contributed by atoms with E-state index in [-0.39, 0.29) is 37.4 Å². The molecular formula is C16H16F3N3O3. The van der Waals surface area contributed by atoms with Gasteiger partial charge in [-0.3, -0.25) is 14.5 Å². The first-order chi connectivity index (χ1) is 11.6. The van der Waals surface area contributed by atoms with Crippen molar-refractivity contribution in [2.24, 2.45) is 0 Å². The third kappa shape index (κ3) is 2.94. The Morgan fingerprint density at radius 3 is 2.12 bits per heavy atom. The number of nitrogens with one attached hydrogen (secondary N) is 1. The average Bonchev–Trinajstić information content (AvgIpc) is 2.78. The highest BCUT2D eigenvalue weighted by atomic mass is 19.4. The summed E-state index contributed by atoms with van der Waals surface area (Å²) < 4.78 is 37.7. The third-order valence-electron chi connectivity index (χ3n) is 4.73. The summed E-state index contributed by atoms with van der Waals surface area (Å²) in [7, 11) is 1.39. The van der Waals surface area contributed by atoms with Crippen LogP contribution in [0.3, 0.4) is 0 Å². The molecule has 6 nitrogen and oxygen atoms in total. The molecule has 1 aromatic carbocycles. The van der Waals surface area contributed by atoms with Crippen LogP contribution in [0.25, 0.3) is 0 Å². The van der Waals surface area contributed by atoms with Gasteiger partial charge in [-0.1, -0.05) is 0 Å². The van der Waals surface area contributed by atoms with E-state index in [4.69, 9.17) is 0 Å². The summed E-state index contributed by atoms with van der Waals surface area (Å²) in [5.74, 6) is -0.715. The number of hydrogen-bond donors (Lipinski definition) is 1. The lowest BCUT2D eigenvalue weighted by Gasteiger charge is -2.37. The van der Waals surface area contributed by atoms with Crippen LogP contribution in [-0.4, -0.2) is 53.3 Å². The standard InChI is InChI=1S/C16H16F3N3O3/c1-21-13(24)15(20-14(21)25)6-8-22(9-7-15)12(23)10-2-4-11(5-3-10)16(17,18)19/h2-5H,6-9H2,1H3,(H,20,25). The quantitative estimate of drug-likeness (QED) is 0.782. The summed E-state index contributed by atoms with van der Waals surface area (Å²) in [5.41, 5.74) is -1.64. The SMILES string of the molecule is CN1C(=O)NC2(CCN(C(=O)c3ccc(C(F)(F)F)cc3)CC2)C1=O. The second-order valence-corrected chi connectivity index (χ2v) is 6.24. The highest BCUT2D eigenvalue weighted by Gasteiger charge is 2.51. The number of nitrogens with zero attached hydrogens (tertiary/aromatic N) is 2. The Balaban J connectivity index is 1.68. The minimum atomic E-state index is -4.45. The molecule has 1 N–H and O–H groups in total. The third-order valence-corrected chi connectivity index (χ3v) is 4.73. The summed E-state index contributed by atoms with van der Waals surface area (Å²) in [5, 5.41) is 2.67.